The lowest BCUT2D eigenvalue weighted by molar-refractivity contribution is 0.102. The van der Waals surface area contributed by atoms with Crippen molar-refractivity contribution in [3.63, 3.8) is 0 Å². The summed E-state index contributed by atoms with van der Waals surface area (Å²) in [5.74, 6) is -0.323. The lowest BCUT2D eigenvalue weighted by Gasteiger charge is -2.19. The number of benzene rings is 1. The first-order valence-electron chi connectivity index (χ1n) is 5.98. The number of rotatable bonds is 1. The molecule has 0 aliphatic carbocycles. The van der Waals surface area contributed by atoms with E-state index in [2.05, 4.69) is 4.72 Å². The number of ketones is 1. The van der Waals surface area contributed by atoms with Crippen LogP contribution in [0, 0.1) is 0 Å². The smallest absolute Gasteiger partial charge is 0.262 e. The minimum Gasteiger partial charge on any atom is -0.351 e. The number of Topliss-reactive ketones (excluding diaryl/α,β-unsaturated/α-hetero) is 1. The van der Waals surface area contributed by atoms with Gasteiger partial charge in [-0.15, -0.1) is 0 Å². The highest BCUT2D eigenvalue weighted by atomic mass is 32.2. The van der Waals surface area contributed by atoms with Gasteiger partial charge in [0.15, 0.2) is 0 Å². The maximum absolute atomic E-state index is 12.3. The van der Waals surface area contributed by atoms with Crippen molar-refractivity contribution in [2.24, 2.45) is 7.05 Å². The van der Waals surface area contributed by atoms with Crippen LogP contribution in [0.3, 0.4) is 0 Å². The standard InChI is InChI=1S/C14H12N2O3S/c1-16-8-4-5-10(16)9-12-14(17)11-6-2-3-7-13(11)20(18,19)15-12/h2-9,15H,1H3. The Balaban J connectivity index is 2.17. The second-order valence-corrected chi connectivity index (χ2v) is 6.18. The van der Waals surface area contributed by atoms with Crippen molar-refractivity contribution in [2.75, 3.05) is 0 Å². The van der Waals surface area contributed by atoms with E-state index in [0.29, 0.717) is 0 Å². The Morgan fingerprint density at radius 2 is 1.90 bits per heavy atom. The molecule has 1 N–H and O–H groups in total. The number of nitrogens with one attached hydrogen (secondary N) is 1. The number of aryl methyl sites for hydroxylation is 1. The quantitative estimate of drug-likeness (QED) is 0.809. The fourth-order valence-electron chi connectivity index (χ4n) is 2.15. The molecule has 0 amide bonds. The van der Waals surface area contributed by atoms with E-state index in [4.69, 9.17) is 0 Å². The molecular weight excluding hydrogens is 276 g/mol. The number of fused-ring (bicyclic) bond motifs is 1. The molecule has 0 saturated carbocycles. The van der Waals surface area contributed by atoms with Gasteiger partial charge >= 0.3 is 0 Å². The highest BCUT2D eigenvalue weighted by molar-refractivity contribution is 7.90. The second kappa shape index (κ2) is 4.35. The Bertz CT molecular complexity index is 832. The third-order valence-electron chi connectivity index (χ3n) is 3.19. The normalized spacial score (nSPS) is 18.6. The third kappa shape index (κ3) is 1.94. The fraction of sp³-hybridized carbons (Fsp3) is 0.0714. The molecule has 2 heterocycles. The highest BCUT2D eigenvalue weighted by Crippen LogP contribution is 2.25. The molecule has 1 aromatic carbocycles. The zero-order valence-corrected chi connectivity index (χ0v) is 11.5. The van der Waals surface area contributed by atoms with Gasteiger partial charge in [0.05, 0.1) is 10.6 Å². The maximum atomic E-state index is 12.3. The Labute approximate surface area is 116 Å². The van der Waals surface area contributed by atoms with Gasteiger partial charge in [0, 0.05) is 24.5 Å². The molecule has 20 heavy (non-hydrogen) atoms. The molecule has 6 heteroatoms. The Kier molecular flexibility index (Phi) is 2.76. The molecule has 0 saturated heterocycles. The van der Waals surface area contributed by atoms with Crippen LogP contribution in [0.1, 0.15) is 16.1 Å². The van der Waals surface area contributed by atoms with E-state index >= 15 is 0 Å². The maximum Gasteiger partial charge on any atom is 0.262 e. The second-order valence-electron chi connectivity index (χ2n) is 4.53. The van der Waals surface area contributed by atoms with Crippen molar-refractivity contribution in [3.8, 4) is 0 Å². The SMILES string of the molecule is Cn1cccc1C=C1NS(=O)(=O)c2ccccc2C1=O. The van der Waals surface area contributed by atoms with E-state index < -0.39 is 10.0 Å². The van der Waals surface area contributed by atoms with E-state index in [9.17, 15) is 13.2 Å². The predicted molar refractivity (Wildman–Crippen MR) is 74.5 cm³/mol. The van der Waals surface area contributed by atoms with Gasteiger partial charge in [-0.05, 0) is 30.3 Å². The molecule has 0 unspecified atom stereocenters. The molecule has 2 aromatic rings. The Hall–Kier alpha value is -2.34. The number of hydrogen-bond acceptors (Lipinski definition) is 3. The predicted octanol–water partition coefficient (Wildman–Crippen LogP) is 1.54. The molecular formula is C14H12N2O3S. The molecule has 3 rings (SSSR count). The Morgan fingerprint density at radius 1 is 1.15 bits per heavy atom. The Morgan fingerprint density at radius 3 is 2.60 bits per heavy atom. The van der Waals surface area contributed by atoms with Gasteiger partial charge in [-0.1, -0.05) is 12.1 Å². The van der Waals surface area contributed by atoms with Crippen molar-refractivity contribution in [2.45, 2.75) is 4.90 Å². The van der Waals surface area contributed by atoms with E-state index in [0.717, 1.165) is 5.69 Å². The first kappa shape index (κ1) is 12.7. The van der Waals surface area contributed by atoms with Crippen LogP contribution in [0.4, 0.5) is 0 Å². The van der Waals surface area contributed by atoms with Crippen molar-refractivity contribution in [3.05, 3.63) is 59.5 Å². The summed E-state index contributed by atoms with van der Waals surface area (Å²) in [5, 5.41) is 0. The summed E-state index contributed by atoms with van der Waals surface area (Å²) in [5.41, 5.74) is 1.01. The molecule has 0 spiro atoms. The summed E-state index contributed by atoms with van der Waals surface area (Å²) >= 11 is 0. The largest absolute Gasteiger partial charge is 0.351 e. The number of aromatic nitrogens is 1. The van der Waals surface area contributed by atoms with E-state index in [-0.39, 0.29) is 21.9 Å². The van der Waals surface area contributed by atoms with Crippen molar-refractivity contribution in [1.29, 1.82) is 0 Å². The summed E-state index contributed by atoms with van der Waals surface area (Å²) < 4.78 is 28.4. The summed E-state index contributed by atoms with van der Waals surface area (Å²) in [7, 11) is -1.87. The summed E-state index contributed by atoms with van der Waals surface area (Å²) in [6.45, 7) is 0. The highest BCUT2D eigenvalue weighted by Gasteiger charge is 2.31. The number of nitrogens with zero attached hydrogens (tertiary/aromatic N) is 1. The minimum atomic E-state index is -3.69. The fourth-order valence-corrected chi connectivity index (χ4v) is 3.41. The van der Waals surface area contributed by atoms with Gasteiger partial charge < -0.3 is 4.57 Å². The van der Waals surface area contributed by atoms with Crippen molar-refractivity contribution >= 4 is 21.9 Å². The molecule has 0 atom stereocenters. The van der Waals surface area contributed by atoms with E-state index in [1.165, 1.54) is 18.2 Å². The average molecular weight is 288 g/mol. The van der Waals surface area contributed by atoms with Gasteiger partial charge in [-0.25, -0.2) is 8.42 Å². The number of carbonyl (C=O) groups is 1. The van der Waals surface area contributed by atoms with Crippen LogP contribution in [0.2, 0.25) is 0 Å². The van der Waals surface area contributed by atoms with Crippen molar-refractivity contribution in [1.82, 2.24) is 9.29 Å². The van der Waals surface area contributed by atoms with Crippen LogP contribution in [0.25, 0.3) is 6.08 Å². The number of carbonyl (C=O) groups excluding carboxylic acids is 1. The lowest BCUT2D eigenvalue weighted by Crippen LogP contribution is -2.34. The lowest BCUT2D eigenvalue weighted by atomic mass is 10.1. The average Bonchev–Trinajstić information content (AvgIpc) is 2.81. The zero-order chi connectivity index (χ0) is 14.3. The van der Waals surface area contributed by atoms with Gasteiger partial charge in [0.2, 0.25) is 5.78 Å². The van der Waals surface area contributed by atoms with Gasteiger partial charge in [0.25, 0.3) is 10.0 Å². The summed E-state index contributed by atoms with van der Waals surface area (Å²) in [6.07, 6.45) is 3.36. The van der Waals surface area contributed by atoms with Gasteiger partial charge in [-0.2, -0.15) is 0 Å². The number of hydrogen-bond donors (Lipinski definition) is 1. The first-order chi connectivity index (χ1) is 9.49. The monoisotopic (exact) mass is 288 g/mol. The number of sulfonamides is 1. The van der Waals surface area contributed by atoms with Gasteiger partial charge in [0.1, 0.15) is 0 Å². The van der Waals surface area contributed by atoms with Crippen LogP contribution in [0.15, 0.2) is 53.2 Å². The number of allylic oxidation sites excluding steroid dienone is 1. The minimum absolute atomic E-state index is 0.0223. The molecule has 1 aliphatic heterocycles. The third-order valence-corrected chi connectivity index (χ3v) is 4.61. The summed E-state index contributed by atoms with van der Waals surface area (Å²) in [4.78, 5) is 12.4. The van der Waals surface area contributed by atoms with Gasteiger partial charge in [-0.3, -0.25) is 9.52 Å². The van der Waals surface area contributed by atoms with Crippen LogP contribution in [-0.2, 0) is 17.1 Å². The molecule has 0 bridgehead atoms. The molecule has 0 radical (unpaired) electrons. The first-order valence-corrected chi connectivity index (χ1v) is 7.47. The topological polar surface area (TPSA) is 68.2 Å². The van der Waals surface area contributed by atoms with Crippen molar-refractivity contribution < 1.29 is 13.2 Å². The van der Waals surface area contributed by atoms with Crippen LogP contribution in [0.5, 0.6) is 0 Å². The van der Waals surface area contributed by atoms with Crippen LogP contribution < -0.4 is 4.72 Å². The van der Waals surface area contributed by atoms with Crippen LogP contribution >= 0.6 is 0 Å². The zero-order valence-electron chi connectivity index (χ0n) is 10.7. The molecule has 102 valence electrons. The molecule has 0 fully saturated rings. The summed E-state index contributed by atoms with van der Waals surface area (Å²) in [6, 6.07) is 9.82. The molecule has 5 nitrogen and oxygen atoms in total. The van der Waals surface area contributed by atoms with Crippen LogP contribution in [-0.4, -0.2) is 18.8 Å². The molecule has 1 aromatic heterocycles. The van der Waals surface area contributed by atoms with E-state index in [1.54, 1.807) is 22.8 Å². The van der Waals surface area contributed by atoms with E-state index in [1.807, 2.05) is 19.3 Å². The molecule has 1 aliphatic rings.